The minimum atomic E-state index is -0.842. The van der Waals surface area contributed by atoms with Crippen molar-refractivity contribution < 1.29 is 14.3 Å². The topological polar surface area (TPSA) is 79.8 Å². The molecule has 0 saturated heterocycles. The number of benzene rings is 2. The van der Waals surface area contributed by atoms with E-state index in [0.29, 0.717) is 23.6 Å². The first-order chi connectivity index (χ1) is 12.0. The molecule has 0 aliphatic heterocycles. The molecular weight excluding hydrogens is 318 g/mol. The maximum Gasteiger partial charge on any atom is 0.329 e. The van der Waals surface area contributed by atoms with E-state index in [9.17, 15) is 9.59 Å². The normalized spacial score (nSPS) is 10.5. The maximum atomic E-state index is 12.0. The lowest BCUT2D eigenvalue weighted by Crippen LogP contribution is -2.32. The van der Waals surface area contributed by atoms with Crippen LogP contribution in [0.25, 0.3) is 0 Å². The number of nitrogens with zero attached hydrogens (tertiary/aromatic N) is 1. The average Bonchev–Trinajstić information content (AvgIpc) is 2.59. The number of hydrazone groups is 1. The molecule has 6 nitrogen and oxygen atoms in total. The number of anilines is 1. The molecule has 0 bridgehead atoms. The van der Waals surface area contributed by atoms with Crippen molar-refractivity contribution in [2.45, 2.75) is 20.8 Å². The summed E-state index contributed by atoms with van der Waals surface area (Å²) in [5.41, 5.74) is 5.40. The molecule has 2 amide bonds. The lowest BCUT2D eigenvalue weighted by molar-refractivity contribution is -0.136. The highest BCUT2D eigenvalue weighted by atomic mass is 16.5. The predicted octanol–water partition coefficient (Wildman–Crippen LogP) is 2.79. The number of para-hydroxylation sites is 1. The third-order valence-corrected chi connectivity index (χ3v) is 3.44. The smallest absolute Gasteiger partial charge is 0.329 e. The van der Waals surface area contributed by atoms with Crippen LogP contribution >= 0.6 is 0 Å². The highest BCUT2D eigenvalue weighted by Gasteiger charge is 2.14. The van der Waals surface area contributed by atoms with Gasteiger partial charge < -0.3 is 10.1 Å². The van der Waals surface area contributed by atoms with Gasteiger partial charge in [-0.05, 0) is 50.1 Å². The molecule has 0 unspecified atom stereocenters. The number of ether oxygens (including phenoxy) is 1. The molecule has 0 aliphatic rings. The van der Waals surface area contributed by atoms with Crippen LogP contribution in [0.3, 0.4) is 0 Å². The van der Waals surface area contributed by atoms with Gasteiger partial charge in [-0.15, -0.1) is 0 Å². The Balaban J connectivity index is 1.98. The van der Waals surface area contributed by atoms with E-state index in [1.54, 1.807) is 12.1 Å². The molecule has 0 aliphatic carbocycles. The second-order valence-electron chi connectivity index (χ2n) is 5.44. The van der Waals surface area contributed by atoms with Crippen LogP contribution in [0.1, 0.15) is 23.6 Å². The van der Waals surface area contributed by atoms with Crippen LogP contribution in [0, 0.1) is 13.8 Å². The Kier molecular flexibility index (Phi) is 6.28. The molecule has 0 atom stereocenters. The SMILES string of the molecule is CCOc1ccccc1/C=N/NC(=O)C(=O)Nc1cc(C)ccc1C. The molecule has 0 radical (unpaired) electrons. The van der Waals surface area contributed by atoms with Gasteiger partial charge in [0.25, 0.3) is 0 Å². The van der Waals surface area contributed by atoms with E-state index in [0.717, 1.165) is 11.1 Å². The summed E-state index contributed by atoms with van der Waals surface area (Å²) < 4.78 is 5.46. The summed E-state index contributed by atoms with van der Waals surface area (Å²) in [5, 5.41) is 6.40. The zero-order valence-electron chi connectivity index (χ0n) is 14.5. The van der Waals surface area contributed by atoms with Gasteiger partial charge in [0.2, 0.25) is 0 Å². The third kappa shape index (κ3) is 5.17. The summed E-state index contributed by atoms with van der Waals surface area (Å²) >= 11 is 0. The summed E-state index contributed by atoms with van der Waals surface area (Å²) in [6.07, 6.45) is 1.44. The van der Waals surface area contributed by atoms with Gasteiger partial charge >= 0.3 is 11.8 Å². The highest BCUT2D eigenvalue weighted by molar-refractivity contribution is 6.39. The molecule has 2 aromatic carbocycles. The van der Waals surface area contributed by atoms with Gasteiger partial charge in [-0.25, -0.2) is 5.43 Å². The molecule has 0 spiro atoms. The van der Waals surface area contributed by atoms with Gasteiger partial charge in [0, 0.05) is 11.3 Å². The minimum absolute atomic E-state index is 0.523. The molecule has 2 rings (SSSR count). The molecule has 0 aromatic heterocycles. The lowest BCUT2D eigenvalue weighted by atomic mass is 10.1. The average molecular weight is 339 g/mol. The fraction of sp³-hybridized carbons (Fsp3) is 0.211. The Bertz CT molecular complexity index is 800. The van der Waals surface area contributed by atoms with E-state index in [1.807, 2.05) is 51.1 Å². The van der Waals surface area contributed by atoms with E-state index in [4.69, 9.17) is 4.74 Å². The molecular formula is C19H21N3O3. The number of nitrogens with one attached hydrogen (secondary N) is 2. The Morgan fingerprint density at radius 1 is 1.12 bits per heavy atom. The third-order valence-electron chi connectivity index (χ3n) is 3.44. The van der Waals surface area contributed by atoms with Crippen LogP contribution in [-0.2, 0) is 9.59 Å². The number of carbonyl (C=O) groups excluding carboxylic acids is 2. The van der Waals surface area contributed by atoms with Crippen molar-refractivity contribution in [3.05, 3.63) is 59.2 Å². The fourth-order valence-corrected chi connectivity index (χ4v) is 2.13. The van der Waals surface area contributed by atoms with Gasteiger partial charge in [0.1, 0.15) is 5.75 Å². The summed E-state index contributed by atoms with van der Waals surface area (Å²) in [6, 6.07) is 12.9. The zero-order valence-corrected chi connectivity index (χ0v) is 14.5. The number of carbonyl (C=O) groups is 2. The predicted molar refractivity (Wildman–Crippen MR) is 97.9 cm³/mol. The molecule has 2 N–H and O–H groups in total. The molecule has 0 saturated carbocycles. The quantitative estimate of drug-likeness (QED) is 0.499. The van der Waals surface area contributed by atoms with E-state index < -0.39 is 11.8 Å². The monoisotopic (exact) mass is 339 g/mol. The van der Waals surface area contributed by atoms with Crippen LogP contribution in [-0.4, -0.2) is 24.6 Å². The second kappa shape index (κ2) is 8.63. The Morgan fingerprint density at radius 3 is 2.64 bits per heavy atom. The highest BCUT2D eigenvalue weighted by Crippen LogP contribution is 2.16. The Morgan fingerprint density at radius 2 is 1.88 bits per heavy atom. The van der Waals surface area contributed by atoms with Crippen LogP contribution in [0.2, 0.25) is 0 Å². The summed E-state index contributed by atoms with van der Waals surface area (Å²) in [4.78, 5) is 23.8. The Hall–Kier alpha value is -3.15. The van der Waals surface area contributed by atoms with E-state index in [1.165, 1.54) is 6.21 Å². The number of hydrogen-bond donors (Lipinski definition) is 2. The largest absolute Gasteiger partial charge is 0.493 e. The summed E-state index contributed by atoms with van der Waals surface area (Å²) in [6.45, 7) is 6.17. The van der Waals surface area contributed by atoms with E-state index >= 15 is 0 Å². The van der Waals surface area contributed by atoms with Gasteiger partial charge in [-0.1, -0.05) is 24.3 Å². The van der Waals surface area contributed by atoms with Gasteiger partial charge in [-0.2, -0.15) is 5.10 Å². The van der Waals surface area contributed by atoms with Crippen molar-refractivity contribution in [1.82, 2.24) is 5.43 Å². The number of aryl methyl sites for hydroxylation is 2. The first-order valence-electron chi connectivity index (χ1n) is 7.94. The van der Waals surface area contributed by atoms with Crippen LogP contribution in [0.5, 0.6) is 5.75 Å². The number of hydrogen-bond acceptors (Lipinski definition) is 4. The van der Waals surface area contributed by atoms with Crippen molar-refractivity contribution in [3.8, 4) is 5.75 Å². The number of amides is 2. The maximum absolute atomic E-state index is 12.0. The van der Waals surface area contributed by atoms with Gasteiger partial charge in [-0.3, -0.25) is 9.59 Å². The molecule has 25 heavy (non-hydrogen) atoms. The molecule has 2 aromatic rings. The molecule has 6 heteroatoms. The first-order valence-corrected chi connectivity index (χ1v) is 7.94. The summed E-state index contributed by atoms with van der Waals surface area (Å²) in [5.74, 6) is -0.960. The van der Waals surface area contributed by atoms with Gasteiger partial charge in [0.05, 0.1) is 12.8 Å². The van der Waals surface area contributed by atoms with Crippen LogP contribution in [0.4, 0.5) is 5.69 Å². The van der Waals surface area contributed by atoms with Crippen molar-refractivity contribution >= 4 is 23.7 Å². The minimum Gasteiger partial charge on any atom is -0.493 e. The molecule has 0 heterocycles. The zero-order chi connectivity index (χ0) is 18.2. The Labute approximate surface area is 146 Å². The molecule has 130 valence electrons. The van der Waals surface area contributed by atoms with E-state index in [2.05, 4.69) is 15.8 Å². The van der Waals surface area contributed by atoms with Crippen molar-refractivity contribution in [3.63, 3.8) is 0 Å². The van der Waals surface area contributed by atoms with E-state index in [-0.39, 0.29) is 0 Å². The second-order valence-corrected chi connectivity index (χ2v) is 5.44. The molecule has 0 fully saturated rings. The van der Waals surface area contributed by atoms with Crippen LogP contribution in [0.15, 0.2) is 47.6 Å². The summed E-state index contributed by atoms with van der Waals surface area (Å²) in [7, 11) is 0. The van der Waals surface area contributed by atoms with Crippen molar-refractivity contribution in [2.24, 2.45) is 5.10 Å². The van der Waals surface area contributed by atoms with Crippen molar-refractivity contribution in [2.75, 3.05) is 11.9 Å². The lowest BCUT2D eigenvalue weighted by Gasteiger charge is -2.08. The fourth-order valence-electron chi connectivity index (χ4n) is 2.13. The number of rotatable bonds is 5. The first kappa shape index (κ1) is 18.2. The standard InChI is InChI=1S/C19H21N3O3/c1-4-25-17-8-6-5-7-15(17)12-20-22-19(24)18(23)21-16-11-13(2)9-10-14(16)3/h5-12H,4H2,1-3H3,(H,21,23)(H,22,24)/b20-12+. The van der Waals surface area contributed by atoms with Gasteiger partial charge in [0.15, 0.2) is 0 Å². The van der Waals surface area contributed by atoms with Crippen LogP contribution < -0.4 is 15.5 Å². The van der Waals surface area contributed by atoms with Crippen molar-refractivity contribution in [1.29, 1.82) is 0 Å².